The minimum Gasteiger partial charge on any atom is -0.325 e. The van der Waals surface area contributed by atoms with Crippen LogP contribution in [0.5, 0.6) is 0 Å². The van der Waals surface area contributed by atoms with E-state index in [4.69, 9.17) is 5.73 Å². The normalized spacial score (nSPS) is 60.8. The van der Waals surface area contributed by atoms with Crippen LogP contribution in [-0.2, 0) is 0 Å². The van der Waals surface area contributed by atoms with Crippen molar-refractivity contribution in [3.05, 3.63) is 0 Å². The Morgan fingerprint density at radius 3 is 2.50 bits per heavy atom. The van der Waals surface area contributed by atoms with Crippen LogP contribution in [0.3, 0.4) is 0 Å². The minimum absolute atomic E-state index is 0.333. The molecule has 46 valence electrons. The highest BCUT2D eigenvalue weighted by Crippen LogP contribution is 2.55. The molecule has 0 amide bonds. The maximum absolute atomic E-state index is 5.94. The third kappa shape index (κ3) is 0.455. The summed E-state index contributed by atoms with van der Waals surface area (Å²) in [6, 6.07) is 0. The van der Waals surface area contributed by atoms with Gasteiger partial charge in [0.2, 0.25) is 0 Å². The zero-order valence-corrected chi connectivity index (χ0v) is 5.35. The second kappa shape index (κ2) is 1.10. The minimum atomic E-state index is 0.333. The van der Waals surface area contributed by atoms with Crippen molar-refractivity contribution in [1.82, 2.24) is 0 Å². The quantitative estimate of drug-likeness (QED) is 0.498. The van der Waals surface area contributed by atoms with Gasteiger partial charge in [-0.05, 0) is 31.1 Å². The summed E-state index contributed by atoms with van der Waals surface area (Å²) < 4.78 is 0. The van der Waals surface area contributed by atoms with Crippen LogP contribution in [-0.4, -0.2) is 5.54 Å². The van der Waals surface area contributed by atoms with E-state index in [-0.39, 0.29) is 0 Å². The summed E-state index contributed by atoms with van der Waals surface area (Å²) in [4.78, 5) is 0. The van der Waals surface area contributed by atoms with Crippen molar-refractivity contribution in [2.75, 3.05) is 0 Å². The zero-order valence-electron chi connectivity index (χ0n) is 5.35. The van der Waals surface area contributed by atoms with E-state index in [9.17, 15) is 0 Å². The molecule has 2 aliphatic rings. The molecule has 2 rings (SSSR count). The Morgan fingerprint density at radius 2 is 2.25 bits per heavy atom. The third-order valence-electron chi connectivity index (χ3n) is 2.69. The molecule has 8 heavy (non-hydrogen) atoms. The Hall–Kier alpha value is -0.0400. The first kappa shape index (κ1) is 4.80. The van der Waals surface area contributed by atoms with Gasteiger partial charge in [0.15, 0.2) is 0 Å². The maximum atomic E-state index is 5.94. The largest absolute Gasteiger partial charge is 0.325 e. The number of hydrogen-bond acceptors (Lipinski definition) is 1. The lowest BCUT2D eigenvalue weighted by Gasteiger charge is -2.04. The molecule has 0 spiro atoms. The van der Waals surface area contributed by atoms with Crippen LogP contribution in [0, 0.1) is 11.8 Å². The van der Waals surface area contributed by atoms with Gasteiger partial charge in [-0.25, -0.2) is 0 Å². The molecule has 1 heteroatoms. The zero-order chi connectivity index (χ0) is 5.78. The topological polar surface area (TPSA) is 26.0 Å². The van der Waals surface area contributed by atoms with Gasteiger partial charge in [-0.2, -0.15) is 0 Å². The molecule has 3 atom stereocenters. The van der Waals surface area contributed by atoms with E-state index in [0.717, 1.165) is 11.8 Å². The first-order valence-electron chi connectivity index (χ1n) is 3.49. The molecule has 0 bridgehead atoms. The Labute approximate surface area is 50.3 Å². The van der Waals surface area contributed by atoms with Crippen LogP contribution >= 0.6 is 0 Å². The fourth-order valence-corrected chi connectivity index (χ4v) is 2.19. The molecule has 0 aromatic carbocycles. The molecule has 2 saturated carbocycles. The van der Waals surface area contributed by atoms with Crippen LogP contribution in [0.15, 0.2) is 0 Å². The molecule has 2 aliphatic carbocycles. The van der Waals surface area contributed by atoms with E-state index < -0.39 is 0 Å². The van der Waals surface area contributed by atoms with Crippen LogP contribution in [0.2, 0.25) is 0 Å². The van der Waals surface area contributed by atoms with Crippen LogP contribution < -0.4 is 5.73 Å². The number of hydrogen-bond donors (Lipinski definition) is 1. The second-order valence-corrected chi connectivity index (χ2v) is 3.68. The van der Waals surface area contributed by atoms with Gasteiger partial charge in [0.1, 0.15) is 0 Å². The van der Waals surface area contributed by atoms with Gasteiger partial charge in [0.05, 0.1) is 0 Å². The number of nitrogens with two attached hydrogens (primary N) is 1. The smallest absolute Gasteiger partial charge is 0.0189 e. The van der Waals surface area contributed by atoms with E-state index in [1.165, 1.54) is 19.3 Å². The summed E-state index contributed by atoms with van der Waals surface area (Å²) in [6.07, 6.45) is 4.01. The second-order valence-electron chi connectivity index (χ2n) is 3.68. The standard InChI is InChI=1S/C7H13N/c1-5-2-6-4-7(6,8)3-5/h5-6H,2-4,8H2,1H3. The Bertz CT molecular complexity index is 122. The molecule has 0 saturated heterocycles. The van der Waals surface area contributed by atoms with E-state index in [2.05, 4.69) is 6.92 Å². The lowest BCUT2D eigenvalue weighted by atomic mass is 10.1. The van der Waals surface area contributed by atoms with Gasteiger partial charge in [-0.3, -0.25) is 0 Å². The molecule has 0 aromatic rings. The molecular formula is C7H13N. The summed E-state index contributed by atoms with van der Waals surface area (Å²) in [6.45, 7) is 2.31. The summed E-state index contributed by atoms with van der Waals surface area (Å²) >= 11 is 0. The predicted octanol–water partition coefficient (Wildman–Crippen LogP) is 1.13. The molecule has 0 aromatic heterocycles. The average Bonchev–Trinajstić information content (AvgIpc) is 2.07. The van der Waals surface area contributed by atoms with Crippen molar-refractivity contribution < 1.29 is 0 Å². The van der Waals surface area contributed by atoms with Gasteiger partial charge in [-0.15, -0.1) is 0 Å². The first-order chi connectivity index (χ1) is 3.71. The SMILES string of the molecule is CC1CC2CC2(N)C1. The lowest BCUT2D eigenvalue weighted by molar-refractivity contribution is 0.512. The average molecular weight is 111 g/mol. The first-order valence-corrected chi connectivity index (χ1v) is 3.49. The van der Waals surface area contributed by atoms with Gasteiger partial charge in [-0.1, -0.05) is 6.92 Å². The molecule has 2 fully saturated rings. The van der Waals surface area contributed by atoms with Gasteiger partial charge in [0.25, 0.3) is 0 Å². The van der Waals surface area contributed by atoms with Gasteiger partial charge >= 0.3 is 0 Å². The summed E-state index contributed by atoms with van der Waals surface area (Å²) in [5.74, 6) is 1.83. The van der Waals surface area contributed by atoms with E-state index >= 15 is 0 Å². The molecule has 0 aliphatic heterocycles. The van der Waals surface area contributed by atoms with Crippen molar-refractivity contribution in [3.8, 4) is 0 Å². The Kier molecular flexibility index (Phi) is 0.663. The van der Waals surface area contributed by atoms with Crippen molar-refractivity contribution in [1.29, 1.82) is 0 Å². The molecule has 3 unspecified atom stereocenters. The monoisotopic (exact) mass is 111 g/mol. The van der Waals surface area contributed by atoms with E-state index in [1.807, 2.05) is 0 Å². The van der Waals surface area contributed by atoms with E-state index in [1.54, 1.807) is 0 Å². The molecule has 0 heterocycles. The van der Waals surface area contributed by atoms with Gasteiger partial charge in [0, 0.05) is 5.54 Å². The van der Waals surface area contributed by atoms with Crippen molar-refractivity contribution in [3.63, 3.8) is 0 Å². The fourth-order valence-electron chi connectivity index (χ4n) is 2.19. The molecule has 0 radical (unpaired) electrons. The van der Waals surface area contributed by atoms with E-state index in [0.29, 0.717) is 5.54 Å². The summed E-state index contributed by atoms with van der Waals surface area (Å²) in [5, 5.41) is 0. The van der Waals surface area contributed by atoms with Gasteiger partial charge < -0.3 is 5.73 Å². The highest BCUT2D eigenvalue weighted by atomic mass is 14.9. The summed E-state index contributed by atoms with van der Waals surface area (Å²) in [7, 11) is 0. The van der Waals surface area contributed by atoms with Crippen LogP contribution in [0.4, 0.5) is 0 Å². The summed E-state index contributed by atoms with van der Waals surface area (Å²) in [5.41, 5.74) is 6.28. The van der Waals surface area contributed by atoms with Crippen LogP contribution in [0.25, 0.3) is 0 Å². The highest BCUT2D eigenvalue weighted by molar-refractivity contribution is 5.13. The molecule has 1 nitrogen and oxygen atoms in total. The Balaban J connectivity index is 2.10. The lowest BCUT2D eigenvalue weighted by Crippen LogP contribution is -2.21. The molecular weight excluding hydrogens is 98.1 g/mol. The van der Waals surface area contributed by atoms with Crippen molar-refractivity contribution in [2.24, 2.45) is 17.6 Å². The van der Waals surface area contributed by atoms with Crippen molar-refractivity contribution >= 4 is 0 Å². The Morgan fingerprint density at radius 1 is 1.50 bits per heavy atom. The number of rotatable bonds is 0. The maximum Gasteiger partial charge on any atom is 0.0189 e. The third-order valence-corrected chi connectivity index (χ3v) is 2.69. The van der Waals surface area contributed by atoms with Crippen molar-refractivity contribution in [2.45, 2.75) is 31.7 Å². The van der Waals surface area contributed by atoms with Crippen LogP contribution in [0.1, 0.15) is 26.2 Å². The highest BCUT2D eigenvalue weighted by Gasteiger charge is 2.56. The molecule has 2 N–H and O–H groups in total. The fraction of sp³-hybridized carbons (Fsp3) is 1.00. The predicted molar refractivity (Wildman–Crippen MR) is 33.4 cm³/mol. The number of fused-ring (bicyclic) bond motifs is 1.